The summed E-state index contributed by atoms with van der Waals surface area (Å²) in [6, 6.07) is 11.3. The molecule has 1 amide bonds. The van der Waals surface area contributed by atoms with Gasteiger partial charge in [-0.15, -0.1) is 23.1 Å². The predicted molar refractivity (Wildman–Crippen MR) is 105 cm³/mol. The van der Waals surface area contributed by atoms with Crippen LogP contribution >= 0.6 is 23.1 Å². The lowest BCUT2D eigenvalue weighted by molar-refractivity contribution is 0.0947. The van der Waals surface area contributed by atoms with Crippen LogP contribution in [0, 0.1) is 0 Å². The molecule has 0 spiro atoms. The summed E-state index contributed by atoms with van der Waals surface area (Å²) in [6.07, 6.45) is 1.68. The highest BCUT2D eigenvalue weighted by Crippen LogP contribution is 2.26. The molecule has 2 aromatic heterocycles. The summed E-state index contributed by atoms with van der Waals surface area (Å²) < 4.78 is 5.51. The van der Waals surface area contributed by atoms with E-state index >= 15 is 0 Å². The molecule has 2 heterocycles. The van der Waals surface area contributed by atoms with Crippen molar-refractivity contribution in [2.45, 2.75) is 24.1 Å². The van der Waals surface area contributed by atoms with Crippen molar-refractivity contribution in [3.8, 4) is 5.88 Å². The zero-order valence-electron chi connectivity index (χ0n) is 14.3. The molecule has 5 nitrogen and oxygen atoms in total. The second-order valence-corrected chi connectivity index (χ2v) is 7.08. The van der Waals surface area contributed by atoms with Crippen LogP contribution in [0.15, 0.2) is 58.4 Å². The highest BCUT2D eigenvalue weighted by Gasteiger charge is 2.13. The van der Waals surface area contributed by atoms with E-state index in [0.717, 1.165) is 21.9 Å². The van der Waals surface area contributed by atoms with E-state index in [2.05, 4.69) is 15.3 Å². The fourth-order valence-electron chi connectivity index (χ4n) is 2.34. The number of carbonyl (C=O) groups is 1. The molecular formula is C19H19N3O2S2. The van der Waals surface area contributed by atoms with Crippen LogP contribution in [0.2, 0.25) is 0 Å². The highest BCUT2D eigenvalue weighted by atomic mass is 32.2. The number of pyridine rings is 1. The molecule has 0 saturated heterocycles. The molecule has 7 heteroatoms. The van der Waals surface area contributed by atoms with Crippen molar-refractivity contribution >= 4 is 29.0 Å². The molecule has 1 aromatic carbocycles. The maximum atomic E-state index is 12.7. The van der Waals surface area contributed by atoms with Gasteiger partial charge in [-0.1, -0.05) is 18.2 Å². The lowest BCUT2D eigenvalue weighted by Crippen LogP contribution is -2.23. The zero-order valence-corrected chi connectivity index (χ0v) is 16.0. The summed E-state index contributed by atoms with van der Waals surface area (Å²) in [5.41, 5.74) is 4.36. The maximum absolute atomic E-state index is 12.7. The Labute approximate surface area is 160 Å². The second kappa shape index (κ2) is 9.35. The van der Waals surface area contributed by atoms with Gasteiger partial charge in [0.1, 0.15) is 0 Å². The minimum atomic E-state index is -0.113. The molecule has 0 aliphatic rings. The number of nitrogens with zero attached hydrogens (tertiary/aromatic N) is 2. The normalized spacial score (nSPS) is 10.5. The van der Waals surface area contributed by atoms with Gasteiger partial charge in [0.2, 0.25) is 5.88 Å². The van der Waals surface area contributed by atoms with Gasteiger partial charge in [-0.05, 0) is 25.1 Å². The van der Waals surface area contributed by atoms with Crippen LogP contribution < -0.4 is 10.1 Å². The fraction of sp³-hybridized carbons (Fsp3) is 0.211. The van der Waals surface area contributed by atoms with E-state index in [4.69, 9.17) is 4.74 Å². The van der Waals surface area contributed by atoms with Crippen molar-refractivity contribution < 1.29 is 9.53 Å². The molecule has 1 N–H and O–H groups in total. The van der Waals surface area contributed by atoms with Crippen LogP contribution in [0.4, 0.5) is 0 Å². The van der Waals surface area contributed by atoms with Crippen molar-refractivity contribution in [1.82, 2.24) is 15.3 Å². The van der Waals surface area contributed by atoms with Crippen LogP contribution in [0.5, 0.6) is 5.88 Å². The van der Waals surface area contributed by atoms with Crippen LogP contribution in [-0.2, 0) is 12.3 Å². The molecule has 0 fully saturated rings. The van der Waals surface area contributed by atoms with E-state index < -0.39 is 0 Å². The number of thiazole rings is 1. The van der Waals surface area contributed by atoms with Gasteiger partial charge < -0.3 is 10.1 Å². The molecule has 0 radical (unpaired) electrons. The minimum absolute atomic E-state index is 0.113. The van der Waals surface area contributed by atoms with Crippen molar-refractivity contribution in [3.05, 3.63) is 70.3 Å². The van der Waals surface area contributed by atoms with Crippen molar-refractivity contribution in [3.63, 3.8) is 0 Å². The Hall–Kier alpha value is -2.38. The number of rotatable bonds is 8. The van der Waals surface area contributed by atoms with E-state index in [9.17, 15) is 4.79 Å². The Kier molecular flexibility index (Phi) is 6.62. The Morgan fingerprint density at radius 1 is 1.23 bits per heavy atom. The van der Waals surface area contributed by atoms with E-state index in [-0.39, 0.29) is 5.91 Å². The van der Waals surface area contributed by atoms with Gasteiger partial charge >= 0.3 is 0 Å². The molecule has 0 bridgehead atoms. The van der Waals surface area contributed by atoms with Gasteiger partial charge in [0.15, 0.2) is 0 Å². The predicted octanol–water partition coefficient (Wildman–Crippen LogP) is 4.16. The third-order valence-electron chi connectivity index (χ3n) is 3.56. The molecule has 3 rings (SSSR count). The molecule has 26 heavy (non-hydrogen) atoms. The monoisotopic (exact) mass is 385 g/mol. The number of hydrogen-bond acceptors (Lipinski definition) is 6. The summed E-state index contributed by atoms with van der Waals surface area (Å²) >= 11 is 3.19. The minimum Gasteiger partial charge on any atom is -0.478 e. The summed E-state index contributed by atoms with van der Waals surface area (Å²) in [6.45, 7) is 2.81. The number of nitrogens with one attached hydrogen (secondary N) is 1. The summed E-state index contributed by atoms with van der Waals surface area (Å²) in [7, 11) is 0. The number of amides is 1. The molecule has 3 aromatic rings. The Morgan fingerprint density at radius 2 is 2.12 bits per heavy atom. The average molecular weight is 386 g/mol. The Morgan fingerprint density at radius 3 is 2.92 bits per heavy atom. The van der Waals surface area contributed by atoms with Crippen molar-refractivity contribution in [1.29, 1.82) is 0 Å². The first-order chi connectivity index (χ1) is 12.8. The number of thioether (sulfide) groups is 1. The SMILES string of the molecule is CCOc1ncccc1CNC(=O)c1ccccc1SCc1cscn1. The summed E-state index contributed by atoms with van der Waals surface area (Å²) in [4.78, 5) is 22.1. The second-order valence-electron chi connectivity index (χ2n) is 5.35. The first-order valence-corrected chi connectivity index (χ1v) is 10.1. The van der Waals surface area contributed by atoms with Crippen LogP contribution in [-0.4, -0.2) is 22.5 Å². The standard InChI is InChI=1S/C19H19N3O2S2/c1-2-24-19-14(6-5-9-20-19)10-21-18(23)16-7-3-4-8-17(16)26-12-15-11-25-13-22-15/h3-9,11,13H,2,10,12H2,1H3,(H,21,23). The van der Waals surface area contributed by atoms with Gasteiger partial charge in [-0.2, -0.15) is 0 Å². The lowest BCUT2D eigenvalue weighted by atomic mass is 10.2. The van der Waals surface area contributed by atoms with E-state index in [1.807, 2.05) is 54.2 Å². The van der Waals surface area contributed by atoms with Crippen LogP contribution in [0.1, 0.15) is 28.5 Å². The number of benzene rings is 1. The summed E-state index contributed by atoms with van der Waals surface area (Å²) in [5.74, 6) is 1.18. The van der Waals surface area contributed by atoms with Gasteiger partial charge in [0.05, 0.1) is 23.4 Å². The maximum Gasteiger partial charge on any atom is 0.252 e. The molecule has 0 aliphatic carbocycles. The van der Waals surface area contributed by atoms with Crippen LogP contribution in [0.25, 0.3) is 0 Å². The van der Waals surface area contributed by atoms with E-state index in [1.54, 1.807) is 29.3 Å². The van der Waals surface area contributed by atoms with E-state index in [1.165, 1.54) is 0 Å². The van der Waals surface area contributed by atoms with Crippen LogP contribution in [0.3, 0.4) is 0 Å². The average Bonchev–Trinajstić information content (AvgIpc) is 3.19. The zero-order chi connectivity index (χ0) is 18.2. The van der Waals surface area contributed by atoms with E-state index in [0.29, 0.717) is 24.6 Å². The first-order valence-electron chi connectivity index (χ1n) is 8.21. The number of carbonyl (C=O) groups excluding carboxylic acids is 1. The molecule has 0 atom stereocenters. The molecule has 0 aliphatic heterocycles. The lowest BCUT2D eigenvalue weighted by Gasteiger charge is -2.11. The van der Waals surface area contributed by atoms with Crippen molar-refractivity contribution in [2.24, 2.45) is 0 Å². The number of aromatic nitrogens is 2. The summed E-state index contributed by atoms with van der Waals surface area (Å²) in [5, 5.41) is 4.98. The number of ether oxygens (including phenoxy) is 1. The third kappa shape index (κ3) is 4.83. The molecule has 0 unspecified atom stereocenters. The molecular weight excluding hydrogens is 366 g/mol. The molecule has 0 saturated carbocycles. The van der Waals surface area contributed by atoms with Gasteiger partial charge in [-0.3, -0.25) is 4.79 Å². The first kappa shape index (κ1) is 18.4. The smallest absolute Gasteiger partial charge is 0.252 e. The van der Waals surface area contributed by atoms with Crippen molar-refractivity contribution in [2.75, 3.05) is 6.61 Å². The highest BCUT2D eigenvalue weighted by molar-refractivity contribution is 7.98. The third-order valence-corrected chi connectivity index (χ3v) is 5.30. The quantitative estimate of drug-likeness (QED) is 0.590. The fourth-order valence-corrected chi connectivity index (χ4v) is 3.95. The van der Waals surface area contributed by atoms with Gasteiger partial charge in [0.25, 0.3) is 5.91 Å². The molecule has 134 valence electrons. The Balaban J connectivity index is 1.66. The Bertz CT molecular complexity index is 854. The topological polar surface area (TPSA) is 64.1 Å². The largest absolute Gasteiger partial charge is 0.478 e. The van der Waals surface area contributed by atoms with Gasteiger partial charge in [0, 0.05) is 34.3 Å². The number of hydrogen-bond donors (Lipinski definition) is 1. The van der Waals surface area contributed by atoms with Gasteiger partial charge in [-0.25, -0.2) is 9.97 Å².